The van der Waals surface area contributed by atoms with Gasteiger partial charge >= 0.3 is 0 Å². The summed E-state index contributed by atoms with van der Waals surface area (Å²) in [4.78, 5) is 0. The monoisotopic (exact) mass is 291 g/mol. The average molecular weight is 291 g/mol. The second-order valence-corrected chi connectivity index (χ2v) is 5.02. The Morgan fingerprint density at radius 3 is 2.15 bits per heavy atom. The Morgan fingerprint density at radius 2 is 1.77 bits per heavy atom. The van der Waals surface area contributed by atoms with Crippen molar-refractivity contribution in [3.8, 4) is 0 Å². The van der Waals surface area contributed by atoms with E-state index in [9.17, 15) is 5.11 Å². The van der Waals surface area contributed by atoms with Gasteiger partial charge in [0, 0.05) is 9.11 Å². The standard InChI is InChI=1S/C10H14INO/c1-10(2,12)9(13)7-3-5-8(11)6-4-7/h3-6,9,13H,12H2,1-2H3. The number of benzene rings is 1. The lowest BCUT2D eigenvalue weighted by atomic mass is 9.93. The Kier molecular flexibility index (Phi) is 3.32. The number of hydrogen-bond acceptors (Lipinski definition) is 2. The number of halogens is 1. The van der Waals surface area contributed by atoms with Crippen molar-refractivity contribution >= 4 is 22.6 Å². The molecule has 0 amide bonds. The first-order valence-corrected chi connectivity index (χ1v) is 5.21. The highest BCUT2D eigenvalue weighted by Gasteiger charge is 2.23. The molecule has 1 atom stereocenters. The van der Waals surface area contributed by atoms with Gasteiger partial charge in [-0.1, -0.05) is 12.1 Å². The molecule has 3 heteroatoms. The average Bonchev–Trinajstić information content (AvgIpc) is 2.03. The zero-order valence-electron chi connectivity index (χ0n) is 7.79. The maximum atomic E-state index is 9.82. The van der Waals surface area contributed by atoms with Crippen LogP contribution in [0.25, 0.3) is 0 Å². The lowest BCUT2D eigenvalue weighted by Gasteiger charge is -2.26. The minimum absolute atomic E-state index is 0.590. The first-order chi connectivity index (χ1) is 5.91. The third-order valence-electron chi connectivity index (χ3n) is 1.89. The summed E-state index contributed by atoms with van der Waals surface area (Å²) in [6, 6.07) is 7.73. The summed E-state index contributed by atoms with van der Waals surface area (Å²) in [7, 11) is 0. The molecule has 0 heterocycles. The summed E-state index contributed by atoms with van der Waals surface area (Å²) in [6.07, 6.45) is -0.607. The first-order valence-electron chi connectivity index (χ1n) is 4.13. The van der Waals surface area contributed by atoms with Crippen molar-refractivity contribution in [2.24, 2.45) is 5.73 Å². The largest absolute Gasteiger partial charge is 0.387 e. The molecule has 1 aromatic rings. The van der Waals surface area contributed by atoms with Crippen LogP contribution < -0.4 is 5.73 Å². The molecule has 0 saturated carbocycles. The summed E-state index contributed by atoms with van der Waals surface area (Å²) in [6.45, 7) is 3.63. The van der Waals surface area contributed by atoms with Gasteiger partial charge in [-0.05, 0) is 54.1 Å². The molecule has 2 nitrogen and oxygen atoms in total. The van der Waals surface area contributed by atoms with Crippen molar-refractivity contribution in [2.75, 3.05) is 0 Å². The molecule has 0 aliphatic rings. The highest BCUT2D eigenvalue weighted by atomic mass is 127. The van der Waals surface area contributed by atoms with E-state index in [-0.39, 0.29) is 0 Å². The van der Waals surface area contributed by atoms with Gasteiger partial charge in [-0.25, -0.2) is 0 Å². The lowest BCUT2D eigenvalue weighted by Crippen LogP contribution is -2.39. The molecule has 0 spiro atoms. The molecule has 3 N–H and O–H groups in total. The summed E-state index contributed by atoms with van der Waals surface area (Å²) in [5.41, 5.74) is 6.08. The molecule has 1 unspecified atom stereocenters. The van der Waals surface area contributed by atoms with Crippen molar-refractivity contribution in [1.29, 1.82) is 0 Å². The zero-order valence-corrected chi connectivity index (χ0v) is 9.95. The highest BCUT2D eigenvalue weighted by molar-refractivity contribution is 14.1. The van der Waals surface area contributed by atoms with Gasteiger partial charge in [-0.3, -0.25) is 0 Å². The van der Waals surface area contributed by atoms with Crippen LogP contribution in [0.3, 0.4) is 0 Å². The van der Waals surface area contributed by atoms with Crippen LogP contribution in [0.2, 0.25) is 0 Å². The zero-order chi connectivity index (χ0) is 10.1. The molecule has 13 heavy (non-hydrogen) atoms. The second kappa shape index (κ2) is 3.94. The van der Waals surface area contributed by atoms with E-state index in [1.54, 1.807) is 0 Å². The number of aliphatic hydroxyl groups is 1. The predicted octanol–water partition coefficient (Wildman–Crippen LogP) is 2.06. The fourth-order valence-electron chi connectivity index (χ4n) is 1.07. The quantitative estimate of drug-likeness (QED) is 0.819. The van der Waals surface area contributed by atoms with Crippen LogP contribution in [0, 0.1) is 3.57 Å². The molecule has 72 valence electrons. The van der Waals surface area contributed by atoms with E-state index in [2.05, 4.69) is 22.6 Å². The van der Waals surface area contributed by atoms with Crippen LogP contribution in [0.1, 0.15) is 25.5 Å². The Morgan fingerprint density at radius 1 is 1.31 bits per heavy atom. The van der Waals surface area contributed by atoms with Gasteiger partial charge in [0.05, 0.1) is 6.10 Å². The van der Waals surface area contributed by atoms with Crippen LogP contribution in [-0.2, 0) is 0 Å². The van der Waals surface area contributed by atoms with Crippen LogP contribution in [-0.4, -0.2) is 10.6 Å². The normalized spacial score (nSPS) is 14.2. The minimum Gasteiger partial charge on any atom is -0.387 e. The maximum Gasteiger partial charge on any atom is 0.0963 e. The number of aliphatic hydroxyl groups excluding tert-OH is 1. The fraction of sp³-hybridized carbons (Fsp3) is 0.400. The topological polar surface area (TPSA) is 46.2 Å². The van der Waals surface area contributed by atoms with Crippen LogP contribution in [0.15, 0.2) is 24.3 Å². The molecular formula is C10H14INO. The first kappa shape index (κ1) is 10.9. The molecule has 0 aliphatic heterocycles. The summed E-state index contributed by atoms with van der Waals surface area (Å²) >= 11 is 2.23. The summed E-state index contributed by atoms with van der Waals surface area (Å²) < 4.78 is 1.16. The molecule has 0 aliphatic carbocycles. The number of nitrogens with two attached hydrogens (primary N) is 1. The maximum absolute atomic E-state index is 9.82. The minimum atomic E-state index is -0.607. The fourth-order valence-corrected chi connectivity index (χ4v) is 1.43. The van der Waals surface area contributed by atoms with Crippen LogP contribution in [0.4, 0.5) is 0 Å². The van der Waals surface area contributed by atoms with Crippen molar-refractivity contribution in [3.63, 3.8) is 0 Å². The summed E-state index contributed by atoms with van der Waals surface area (Å²) in [5.74, 6) is 0. The van der Waals surface area contributed by atoms with E-state index in [4.69, 9.17) is 5.73 Å². The molecule has 1 rings (SSSR count). The number of rotatable bonds is 2. The molecule has 1 aromatic carbocycles. The third-order valence-corrected chi connectivity index (χ3v) is 2.61. The van der Waals surface area contributed by atoms with E-state index in [1.807, 2.05) is 38.1 Å². The van der Waals surface area contributed by atoms with Crippen LogP contribution >= 0.6 is 22.6 Å². The molecule has 0 aromatic heterocycles. The van der Waals surface area contributed by atoms with Gasteiger partial charge in [0.2, 0.25) is 0 Å². The van der Waals surface area contributed by atoms with Crippen molar-refractivity contribution < 1.29 is 5.11 Å². The Balaban J connectivity index is 2.90. The van der Waals surface area contributed by atoms with Gasteiger partial charge in [0.15, 0.2) is 0 Å². The Labute approximate surface area is 92.3 Å². The van der Waals surface area contributed by atoms with E-state index < -0.39 is 11.6 Å². The molecule has 0 radical (unpaired) electrons. The van der Waals surface area contributed by atoms with E-state index in [0.717, 1.165) is 9.13 Å². The Bertz CT molecular complexity index is 276. The van der Waals surface area contributed by atoms with Gasteiger partial charge in [0.25, 0.3) is 0 Å². The van der Waals surface area contributed by atoms with Crippen LogP contribution in [0.5, 0.6) is 0 Å². The molecule has 0 fully saturated rings. The SMILES string of the molecule is CC(C)(N)C(O)c1ccc(I)cc1. The van der Waals surface area contributed by atoms with E-state index in [0.29, 0.717) is 0 Å². The van der Waals surface area contributed by atoms with Gasteiger partial charge in [-0.2, -0.15) is 0 Å². The van der Waals surface area contributed by atoms with Gasteiger partial charge in [-0.15, -0.1) is 0 Å². The summed E-state index contributed by atoms with van der Waals surface area (Å²) in [5, 5.41) is 9.82. The number of hydrogen-bond donors (Lipinski definition) is 2. The molecule has 0 bridgehead atoms. The predicted molar refractivity (Wildman–Crippen MR) is 62.4 cm³/mol. The van der Waals surface area contributed by atoms with E-state index in [1.165, 1.54) is 0 Å². The van der Waals surface area contributed by atoms with Gasteiger partial charge < -0.3 is 10.8 Å². The second-order valence-electron chi connectivity index (χ2n) is 3.78. The highest BCUT2D eigenvalue weighted by Crippen LogP contribution is 2.23. The Hall–Kier alpha value is -0.130. The molecule has 0 saturated heterocycles. The lowest BCUT2D eigenvalue weighted by molar-refractivity contribution is 0.104. The van der Waals surface area contributed by atoms with Crippen molar-refractivity contribution in [3.05, 3.63) is 33.4 Å². The van der Waals surface area contributed by atoms with Gasteiger partial charge in [0.1, 0.15) is 0 Å². The molecular weight excluding hydrogens is 277 g/mol. The third kappa shape index (κ3) is 2.93. The van der Waals surface area contributed by atoms with Crippen molar-refractivity contribution in [2.45, 2.75) is 25.5 Å². The van der Waals surface area contributed by atoms with E-state index >= 15 is 0 Å². The smallest absolute Gasteiger partial charge is 0.0963 e. The van der Waals surface area contributed by atoms with Crippen molar-refractivity contribution in [1.82, 2.24) is 0 Å².